The van der Waals surface area contributed by atoms with Gasteiger partial charge in [0, 0.05) is 18.5 Å². The second kappa shape index (κ2) is 5.71. The summed E-state index contributed by atoms with van der Waals surface area (Å²) in [5.74, 6) is 1.13. The average Bonchev–Trinajstić information content (AvgIpc) is 2.53. The summed E-state index contributed by atoms with van der Waals surface area (Å²) in [6.45, 7) is 3.54. The second-order valence-corrected chi connectivity index (χ2v) is 5.73. The standard InChI is InChI=1S/C17H19N3O/c1-12(21)13-6-8-20(9-7-13)17-15(11-18)10-14-4-2-3-5-16(14)19-17/h2-5,10,12-13,21H,6-9H2,1H3. The van der Waals surface area contributed by atoms with Crippen LogP contribution in [0.15, 0.2) is 30.3 Å². The van der Waals surface area contributed by atoms with Gasteiger partial charge in [-0.05, 0) is 37.8 Å². The van der Waals surface area contributed by atoms with Crippen molar-refractivity contribution in [3.63, 3.8) is 0 Å². The van der Waals surface area contributed by atoms with Gasteiger partial charge in [-0.2, -0.15) is 5.26 Å². The lowest BCUT2D eigenvalue weighted by molar-refractivity contribution is 0.110. The van der Waals surface area contributed by atoms with Crippen LogP contribution in [-0.2, 0) is 0 Å². The van der Waals surface area contributed by atoms with Gasteiger partial charge in [0.1, 0.15) is 11.9 Å². The maximum absolute atomic E-state index is 9.69. The molecule has 0 bridgehead atoms. The van der Waals surface area contributed by atoms with Gasteiger partial charge in [0.05, 0.1) is 17.2 Å². The van der Waals surface area contributed by atoms with E-state index in [1.165, 1.54) is 0 Å². The molecule has 1 aromatic carbocycles. The van der Waals surface area contributed by atoms with Crippen LogP contribution in [0.5, 0.6) is 0 Å². The molecular formula is C17H19N3O. The zero-order valence-electron chi connectivity index (χ0n) is 12.2. The Morgan fingerprint density at radius 2 is 2.05 bits per heavy atom. The number of benzene rings is 1. The summed E-state index contributed by atoms with van der Waals surface area (Å²) < 4.78 is 0. The van der Waals surface area contributed by atoms with Gasteiger partial charge in [0.25, 0.3) is 0 Å². The normalized spacial score (nSPS) is 17.7. The van der Waals surface area contributed by atoms with Gasteiger partial charge < -0.3 is 10.0 Å². The molecule has 1 aromatic heterocycles. The van der Waals surface area contributed by atoms with Crippen molar-refractivity contribution in [3.05, 3.63) is 35.9 Å². The number of aliphatic hydroxyl groups excluding tert-OH is 1. The van der Waals surface area contributed by atoms with Crippen molar-refractivity contribution < 1.29 is 5.11 Å². The van der Waals surface area contributed by atoms with Crippen LogP contribution >= 0.6 is 0 Å². The molecule has 1 N–H and O–H groups in total. The molecule has 1 aliphatic rings. The number of rotatable bonds is 2. The first-order chi connectivity index (χ1) is 10.2. The quantitative estimate of drug-likeness (QED) is 0.919. The Morgan fingerprint density at radius 1 is 1.33 bits per heavy atom. The summed E-state index contributed by atoms with van der Waals surface area (Å²) in [5, 5.41) is 20.1. The van der Waals surface area contributed by atoms with E-state index in [1.54, 1.807) is 0 Å². The van der Waals surface area contributed by atoms with E-state index in [9.17, 15) is 10.4 Å². The predicted molar refractivity (Wildman–Crippen MR) is 83.1 cm³/mol. The molecule has 2 aromatic rings. The van der Waals surface area contributed by atoms with E-state index in [-0.39, 0.29) is 6.10 Å². The average molecular weight is 281 g/mol. The van der Waals surface area contributed by atoms with E-state index < -0.39 is 0 Å². The number of piperidine rings is 1. The summed E-state index contributed by atoms with van der Waals surface area (Å²) in [6, 6.07) is 12.1. The fourth-order valence-corrected chi connectivity index (χ4v) is 3.02. The molecule has 1 unspecified atom stereocenters. The second-order valence-electron chi connectivity index (χ2n) is 5.73. The molecule has 0 amide bonds. The van der Waals surface area contributed by atoms with Crippen LogP contribution in [0.4, 0.5) is 5.82 Å². The SMILES string of the molecule is CC(O)C1CCN(c2nc3ccccc3cc2C#N)CC1. The van der Waals surface area contributed by atoms with Crippen LogP contribution in [0.2, 0.25) is 0 Å². The maximum Gasteiger partial charge on any atom is 0.147 e. The third-order valence-electron chi connectivity index (χ3n) is 4.35. The lowest BCUT2D eigenvalue weighted by Gasteiger charge is -2.34. The number of para-hydroxylation sites is 1. The van der Waals surface area contributed by atoms with Gasteiger partial charge in [-0.1, -0.05) is 18.2 Å². The summed E-state index contributed by atoms with van der Waals surface area (Å²) in [7, 11) is 0. The predicted octanol–water partition coefficient (Wildman–Crippen LogP) is 2.70. The Bertz CT molecular complexity index is 682. The van der Waals surface area contributed by atoms with E-state index in [0.29, 0.717) is 11.5 Å². The van der Waals surface area contributed by atoms with Gasteiger partial charge >= 0.3 is 0 Å². The molecule has 21 heavy (non-hydrogen) atoms. The van der Waals surface area contributed by atoms with Crippen molar-refractivity contribution in [1.82, 2.24) is 4.98 Å². The Labute approximate surface area is 124 Å². The number of nitrogens with zero attached hydrogens (tertiary/aromatic N) is 3. The minimum atomic E-state index is -0.257. The molecule has 3 rings (SSSR count). The first kappa shape index (κ1) is 13.8. The molecule has 0 radical (unpaired) electrons. The molecule has 1 aliphatic heterocycles. The van der Waals surface area contributed by atoms with E-state index in [0.717, 1.165) is 42.7 Å². The molecule has 4 heteroatoms. The summed E-state index contributed by atoms with van der Waals surface area (Å²) >= 11 is 0. The van der Waals surface area contributed by atoms with Gasteiger partial charge in [0.2, 0.25) is 0 Å². The minimum Gasteiger partial charge on any atom is -0.393 e. The summed E-state index contributed by atoms with van der Waals surface area (Å²) in [4.78, 5) is 6.85. The lowest BCUT2D eigenvalue weighted by Crippen LogP contribution is -2.37. The third kappa shape index (κ3) is 2.70. The largest absolute Gasteiger partial charge is 0.393 e. The number of pyridine rings is 1. The number of hydrogen-bond donors (Lipinski definition) is 1. The lowest BCUT2D eigenvalue weighted by atomic mass is 9.92. The molecule has 4 nitrogen and oxygen atoms in total. The first-order valence-corrected chi connectivity index (χ1v) is 7.42. The van der Waals surface area contributed by atoms with Crippen molar-refractivity contribution >= 4 is 16.7 Å². The Morgan fingerprint density at radius 3 is 2.71 bits per heavy atom. The van der Waals surface area contributed by atoms with E-state index in [1.807, 2.05) is 37.3 Å². The summed E-state index contributed by atoms with van der Waals surface area (Å²) in [5.41, 5.74) is 1.55. The van der Waals surface area contributed by atoms with Crippen molar-refractivity contribution in [3.8, 4) is 6.07 Å². The highest BCUT2D eigenvalue weighted by molar-refractivity contribution is 5.83. The minimum absolute atomic E-state index is 0.257. The number of hydrogen-bond acceptors (Lipinski definition) is 4. The fourth-order valence-electron chi connectivity index (χ4n) is 3.02. The third-order valence-corrected chi connectivity index (χ3v) is 4.35. The Hall–Kier alpha value is -2.12. The number of aliphatic hydroxyl groups is 1. The summed E-state index contributed by atoms with van der Waals surface area (Å²) in [6.07, 6.45) is 1.63. The molecule has 1 fully saturated rings. The molecule has 0 saturated carbocycles. The van der Waals surface area contributed by atoms with Gasteiger partial charge in [-0.25, -0.2) is 4.98 Å². The van der Waals surface area contributed by atoms with Gasteiger partial charge in [-0.15, -0.1) is 0 Å². The fraction of sp³-hybridized carbons (Fsp3) is 0.412. The van der Waals surface area contributed by atoms with Crippen molar-refractivity contribution in [1.29, 1.82) is 5.26 Å². The topological polar surface area (TPSA) is 60.1 Å². The van der Waals surface area contributed by atoms with Crippen LogP contribution in [0, 0.1) is 17.2 Å². The number of aromatic nitrogens is 1. The molecule has 108 valence electrons. The Kier molecular flexibility index (Phi) is 3.76. The smallest absolute Gasteiger partial charge is 0.147 e. The number of anilines is 1. The van der Waals surface area contributed by atoms with Crippen LogP contribution in [0.25, 0.3) is 10.9 Å². The van der Waals surface area contributed by atoms with E-state index in [4.69, 9.17) is 0 Å². The van der Waals surface area contributed by atoms with Crippen molar-refractivity contribution in [2.75, 3.05) is 18.0 Å². The molecule has 1 saturated heterocycles. The van der Waals surface area contributed by atoms with E-state index >= 15 is 0 Å². The molecule has 1 atom stereocenters. The zero-order valence-corrected chi connectivity index (χ0v) is 12.2. The number of fused-ring (bicyclic) bond motifs is 1. The van der Waals surface area contributed by atoms with E-state index in [2.05, 4.69) is 16.0 Å². The number of nitriles is 1. The van der Waals surface area contributed by atoms with Crippen LogP contribution < -0.4 is 4.90 Å². The zero-order chi connectivity index (χ0) is 14.8. The van der Waals surface area contributed by atoms with Crippen molar-refractivity contribution in [2.45, 2.75) is 25.9 Å². The van der Waals surface area contributed by atoms with Crippen LogP contribution in [0.1, 0.15) is 25.3 Å². The highest BCUT2D eigenvalue weighted by atomic mass is 16.3. The highest BCUT2D eigenvalue weighted by Crippen LogP contribution is 2.28. The Balaban J connectivity index is 1.92. The highest BCUT2D eigenvalue weighted by Gasteiger charge is 2.24. The van der Waals surface area contributed by atoms with Crippen molar-refractivity contribution in [2.24, 2.45) is 5.92 Å². The molecule has 2 heterocycles. The monoisotopic (exact) mass is 281 g/mol. The molecule has 0 spiro atoms. The van der Waals surface area contributed by atoms with Gasteiger partial charge in [-0.3, -0.25) is 0 Å². The first-order valence-electron chi connectivity index (χ1n) is 7.42. The van der Waals surface area contributed by atoms with Crippen LogP contribution in [-0.4, -0.2) is 29.3 Å². The van der Waals surface area contributed by atoms with Crippen LogP contribution in [0.3, 0.4) is 0 Å². The van der Waals surface area contributed by atoms with Gasteiger partial charge in [0.15, 0.2) is 0 Å². The maximum atomic E-state index is 9.69. The molecular weight excluding hydrogens is 262 g/mol. The molecule has 0 aliphatic carbocycles.